The summed E-state index contributed by atoms with van der Waals surface area (Å²) in [6, 6.07) is 0. The van der Waals surface area contributed by atoms with Crippen molar-refractivity contribution in [2.75, 3.05) is 7.05 Å². The summed E-state index contributed by atoms with van der Waals surface area (Å²) in [5, 5.41) is 6.73. The fourth-order valence-electron chi connectivity index (χ4n) is 0.0983. The third-order valence-electron chi connectivity index (χ3n) is 0.654. The first-order valence-corrected chi connectivity index (χ1v) is 1.88. The molecule has 3 N–H and O–H groups in total. The molecule has 0 amide bonds. The monoisotopic (exact) mass is 99.1 g/mol. The molecule has 0 aromatic heterocycles. The van der Waals surface area contributed by atoms with E-state index in [0.717, 1.165) is 0 Å². The summed E-state index contributed by atoms with van der Waals surface area (Å²) in [6.45, 7) is 3.39. The second-order valence-electron chi connectivity index (χ2n) is 1.18. The molecule has 0 bridgehead atoms. The zero-order chi connectivity index (χ0) is 5.86. The maximum absolute atomic E-state index is 6.73. The van der Waals surface area contributed by atoms with Gasteiger partial charge in [0.25, 0.3) is 0 Å². The van der Waals surface area contributed by atoms with Crippen molar-refractivity contribution in [1.82, 2.24) is 4.90 Å². The Bertz CT molecular complexity index is 86.9. The van der Waals surface area contributed by atoms with Crippen LogP contribution in [0.1, 0.15) is 0 Å². The van der Waals surface area contributed by atoms with E-state index in [1.54, 1.807) is 7.05 Å². The lowest BCUT2D eigenvalue weighted by molar-refractivity contribution is 0.675. The van der Waals surface area contributed by atoms with Crippen molar-refractivity contribution >= 4 is 5.96 Å². The second-order valence-corrected chi connectivity index (χ2v) is 1.18. The van der Waals surface area contributed by atoms with Gasteiger partial charge in [0.05, 0.1) is 0 Å². The molecule has 3 nitrogen and oxygen atoms in total. The van der Waals surface area contributed by atoms with Crippen LogP contribution < -0.4 is 5.73 Å². The number of guanidine groups is 1. The lowest BCUT2D eigenvalue weighted by atomic mass is 10.8. The molecular weight excluding hydrogens is 90.1 g/mol. The molecule has 0 aliphatic heterocycles. The first kappa shape index (κ1) is 6.01. The number of nitrogens with two attached hydrogens (primary N) is 1. The van der Waals surface area contributed by atoms with Gasteiger partial charge in [-0.3, -0.25) is 5.41 Å². The standard InChI is InChI=1S/C4H9N3/c1-3-7(2)4(5)6/h3H,1H2,2H3,(H3,5,6). The fourth-order valence-corrected chi connectivity index (χ4v) is 0.0983. The first-order chi connectivity index (χ1) is 3.18. The average molecular weight is 99.1 g/mol. The van der Waals surface area contributed by atoms with Crippen LogP contribution in [0.4, 0.5) is 0 Å². The molecule has 0 radical (unpaired) electrons. The van der Waals surface area contributed by atoms with Crippen LogP contribution in [-0.4, -0.2) is 17.9 Å². The Hall–Kier alpha value is -0.990. The van der Waals surface area contributed by atoms with Crippen molar-refractivity contribution in [3.8, 4) is 0 Å². The van der Waals surface area contributed by atoms with Crippen molar-refractivity contribution in [3.63, 3.8) is 0 Å². The van der Waals surface area contributed by atoms with Crippen molar-refractivity contribution < 1.29 is 0 Å². The van der Waals surface area contributed by atoms with Crippen LogP contribution in [0.15, 0.2) is 12.8 Å². The van der Waals surface area contributed by atoms with Crippen molar-refractivity contribution in [2.45, 2.75) is 0 Å². The van der Waals surface area contributed by atoms with Crippen LogP contribution in [0, 0.1) is 5.41 Å². The Morgan fingerprint density at radius 2 is 2.43 bits per heavy atom. The second kappa shape index (κ2) is 2.23. The number of nitrogens with one attached hydrogen (secondary N) is 1. The Morgan fingerprint density at radius 3 is 2.43 bits per heavy atom. The van der Waals surface area contributed by atoms with E-state index in [4.69, 9.17) is 11.1 Å². The minimum Gasteiger partial charge on any atom is -0.370 e. The van der Waals surface area contributed by atoms with Gasteiger partial charge in [0, 0.05) is 7.05 Å². The van der Waals surface area contributed by atoms with Gasteiger partial charge in [0.2, 0.25) is 0 Å². The highest BCUT2D eigenvalue weighted by atomic mass is 15.2. The van der Waals surface area contributed by atoms with Gasteiger partial charge >= 0.3 is 0 Å². The quantitative estimate of drug-likeness (QED) is 0.358. The van der Waals surface area contributed by atoms with Crippen molar-refractivity contribution in [1.29, 1.82) is 5.41 Å². The molecule has 0 heterocycles. The third-order valence-corrected chi connectivity index (χ3v) is 0.654. The Balaban J connectivity index is 3.55. The molecule has 0 aliphatic rings. The summed E-state index contributed by atoms with van der Waals surface area (Å²) in [6.07, 6.45) is 1.47. The average Bonchev–Trinajstić information content (AvgIpc) is 1.65. The molecule has 0 unspecified atom stereocenters. The lowest BCUT2D eigenvalue weighted by Crippen LogP contribution is -2.27. The molecule has 0 saturated heterocycles. The number of nitrogens with zero attached hydrogens (tertiary/aromatic N) is 1. The van der Waals surface area contributed by atoms with Crippen molar-refractivity contribution in [3.05, 3.63) is 12.8 Å². The molecule has 0 fully saturated rings. The van der Waals surface area contributed by atoms with E-state index in [0.29, 0.717) is 0 Å². The Morgan fingerprint density at radius 1 is 2.00 bits per heavy atom. The van der Waals surface area contributed by atoms with Crippen LogP contribution in [-0.2, 0) is 0 Å². The van der Waals surface area contributed by atoms with Gasteiger partial charge in [-0.2, -0.15) is 0 Å². The molecule has 3 heteroatoms. The van der Waals surface area contributed by atoms with Gasteiger partial charge in [-0.15, -0.1) is 0 Å². The molecule has 0 saturated carbocycles. The zero-order valence-corrected chi connectivity index (χ0v) is 4.31. The Labute approximate surface area is 42.9 Å². The van der Waals surface area contributed by atoms with Crippen LogP contribution in [0.25, 0.3) is 0 Å². The summed E-state index contributed by atoms with van der Waals surface area (Å²) < 4.78 is 0. The molecule has 0 spiro atoms. The maximum atomic E-state index is 6.73. The normalized spacial score (nSPS) is 7.57. The van der Waals surface area contributed by atoms with Gasteiger partial charge in [-0.1, -0.05) is 6.58 Å². The summed E-state index contributed by atoms with van der Waals surface area (Å²) in [5.74, 6) is 0.00926. The van der Waals surface area contributed by atoms with Crippen LogP contribution >= 0.6 is 0 Å². The molecule has 0 aromatic carbocycles. The van der Waals surface area contributed by atoms with E-state index in [2.05, 4.69) is 6.58 Å². The molecule has 0 aromatic rings. The first-order valence-electron chi connectivity index (χ1n) is 1.88. The van der Waals surface area contributed by atoms with E-state index in [1.165, 1.54) is 11.1 Å². The van der Waals surface area contributed by atoms with Crippen molar-refractivity contribution in [2.24, 2.45) is 5.73 Å². The number of rotatable bonds is 1. The van der Waals surface area contributed by atoms with Gasteiger partial charge < -0.3 is 10.6 Å². The lowest BCUT2D eigenvalue weighted by Gasteiger charge is -2.07. The fraction of sp³-hybridized carbons (Fsp3) is 0.250. The number of hydrogen-bond donors (Lipinski definition) is 2. The third kappa shape index (κ3) is 1.81. The maximum Gasteiger partial charge on any atom is 0.192 e. The number of hydrogen-bond acceptors (Lipinski definition) is 1. The van der Waals surface area contributed by atoms with Gasteiger partial charge in [-0.05, 0) is 6.20 Å². The largest absolute Gasteiger partial charge is 0.370 e. The van der Waals surface area contributed by atoms with E-state index in [1.807, 2.05) is 0 Å². The highest BCUT2D eigenvalue weighted by molar-refractivity contribution is 5.75. The van der Waals surface area contributed by atoms with Gasteiger partial charge in [0.1, 0.15) is 0 Å². The minimum absolute atomic E-state index is 0.00926. The molecule has 0 aliphatic carbocycles. The predicted octanol–water partition coefficient (Wildman–Crippen LogP) is -0.0448. The van der Waals surface area contributed by atoms with E-state index < -0.39 is 0 Å². The highest BCUT2D eigenvalue weighted by Gasteiger charge is 1.86. The SMILES string of the molecule is C=CN(C)C(=N)N. The summed E-state index contributed by atoms with van der Waals surface area (Å²) in [5.41, 5.74) is 4.98. The van der Waals surface area contributed by atoms with E-state index in [9.17, 15) is 0 Å². The minimum atomic E-state index is 0.00926. The van der Waals surface area contributed by atoms with Crippen LogP contribution in [0.5, 0.6) is 0 Å². The van der Waals surface area contributed by atoms with E-state index >= 15 is 0 Å². The van der Waals surface area contributed by atoms with Gasteiger partial charge in [-0.25, -0.2) is 0 Å². The molecule has 0 rings (SSSR count). The zero-order valence-electron chi connectivity index (χ0n) is 4.31. The molecule has 7 heavy (non-hydrogen) atoms. The van der Waals surface area contributed by atoms with E-state index in [-0.39, 0.29) is 5.96 Å². The van der Waals surface area contributed by atoms with Crippen LogP contribution in [0.3, 0.4) is 0 Å². The molecule has 40 valence electrons. The summed E-state index contributed by atoms with van der Waals surface area (Å²) in [7, 11) is 1.66. The summed E-state index contributed by atoms with van der Waals surface area (Å²) in [4.78, 5) is 1.42. The topological polar surface area (TPSA) is 53.1 Å². The Kier molecular flexibility index (Phi) is 1.91. The summed E-state index contributed by atoms with van der Waals surface area (Å²) >= 11 is 0. The van der Waals surface area contributed by atoms with Crippen LogP contribution in [0.2, 0.25) is 0 Å². The smallest absolute Gasteiger partial charge is 0.192 e. The molecule has 0 atom stereocenters. The molecular formula is C4H9N3. The van der Waals surface area contributed by atoms with Gasteiger partial charge in [0.15, 0.2) is 5.96 Å². The predicted molar refractivity (Wildman–Crippen MR) is 29.9 cm³/mol. The highest BCUT2D eigenvalue weighted by Crippen LogP contribution is 1.74.